The SMILES string of the molecule is CN(C)CC1=CCC(c2[c-]c3ccccc3cc2)=C1.OCc1ccccc1.[Cl-].[Cl-].[Ti+3]. The zero-order valence-corrected chi connectivity index (χ0v) is 20.4. The average molecular weight is 475 g/mol. The number of hydrogen-bond donors (Lipinski definition) is 1. The van der Waals surface area contributed by atoms with E-state index in [1.54, 1.807) is 0 Å². The number of allylic oxidation sites excluding steroid dienone is 2. The van der Waals surface area contributed by atoms with Crippen molar-refractivity contribution in [2.45, 2.75) is 13.0 Å². The van der Waals surface area contributed by atoms with Crippen LogP contribution in [-0.4, -0.2) is 30.6 Å². The van der Waals surface area contributed by atoms with Crippen LogP contribution in [0.2, 0.25) is 0 Å². The largest absolute Gasteiger partial charge is 3.00 e. The summed E-state index contributed by atoms with van der Waals surface area (Å²) in [4.78, 5) is 2.20. The second-order valence-electron chi connectivity index (χ2n) is 6.99. The van der Waals surface area contributed by atoms with Crippen LogP contribution in [0, 0.1) is 6.07 Å². The van der Waals surface area contributed by atoms with Gasteiger partial charge in [-0.25, -0.2) is 0 Å². The van der Waals surface area contributed by atoms with Crippen LogP contribution in [0.4, 0.5) is 0 Å². The molecule has 1 N–H and O–H groups in total. The number of aliphatic hydroxyl groups excluding tert-OH is 1. The molecule has 3 aromatic rings. The molecular formula is C25H26Cl2NOTi. The molecule has 0 atom stereocenters. The number of hydrogen-bond acceptors (Lipinski definition) is 2. The Morgan fingerprint density at radius 3 is 2.20 bits per heavy atom. The predicted molar refractivity (Wildman–Crippen MR) is 114 cm³/mol. The maximum atomic E-state index is 8.54. The Balaban J connectivity index is 0.000000659. The first kappa shape index (κ1) is 28.6. The third-order valence-electron chi connectivity index (χ3n) is 4.47. The molecule has 3 aromatic carbocycles. The predicted octanol–water partition coefficient (Wildman–Crippen LogP) is -0.901. The minimum absolute atomic E-state index is 0. The third kappa shape index (κ3) is 8.39. The molecule has 30 heavy (non-hydrogen) atoms. The Kier molecular flexibility index (Phi) is 13.9. The van der Waals surface area contributed by atoms with Crippen molar-refractivity contribution < 1.29 is 51.6 Å². The van der Waals surface area contributed by atoms with Crippen molar-refractivity contribution in [3.63, 3.8) is 0 Å². The second kappa shape index (κ2) is 14.6. The van der Waals surface area contributed by atoms with Crippen LogP contribution in [0.5, 0.6) is 0 Å². The molecule has 0 amide bonds. The Hall–Kier alpha value is -1.39. The van der Waals surface area contributed by atoms with Crippen molar-refractivity contribution in [2.75, 3.05) is 20.6 Å². The number of nitrogens with zero attached hydrogens (tertiary/aromatic N) is 1. The van der Waals surface area contributed by atoms with Gasteiger partial charge in [0.15, 0.2) is 0 Å². The maximum absolute atomic E-state index is 8.54. The first-order chi connectivity index (χ1) is 13.2. The first-order valence-corrected chi connectivity index (χ1v) is 9.26. The van der Waals surface area contributed by atoms with Gasteiger partial charge in [-0.3, -0.25) is 0 Å². The van der Waals surface area contributed by atoms with E-state index in [1.807, 2.05) is 30.3 Å². The van der Waals surface area contributed by atoms with Crippen molar-refractivity contribution in [3.05, 3.63) is 102 Å². The van der Waals surface area contributed by atoms with Gasteiger partial charge in [-0.2, -0.15) is 0 Å². The molecule has 0 saturated heterocycles. The van der Waals surface area contributed by atoms with E-state index in [4.69, 9.17) is 5.11 Å². The van der Waals surface area contributed by atoms with Gasteiger partial charge in [0, 0.05) is 6.54 Å². The number of likely N-dealkylation sites (N-methyl/N-ethyl adjacent to an activating group) is 1. The Morgan fingerprint density at radius 2 is 1.57 bits per heavy atom. The summed E-state index contributed by atoms with van der Waals surface area (Å²) >= 11 is 0. The molecule has 0 unspecified atom stereocenters. The summed E-state index contributed by atoms with van der Waals surface area (Å²) in [6, 6.07) is 25.8. The number of benzene rings is 3. The minimum Gasteiger partial charge on any atom is -1.00 e. The summed E-state index contributed by atoms with van der Waals surface area (Å²) in [7, 11) is 4.21. The van der Waals surface area contributed by atoms with E-state index < -0.39 is 0 Å². The van der Waals surface area contributed by atoms with Gasteiger partial charge in [0.05, 0.1) is 6.61 Å². The minimum atomic E-state index is 0. The fraction of sp³-hybridized carbons (Fsp3) is 0.200. The second-order valence-corrected chi connectivity index (χ2v) is 6.99. The van der Waals surface area contributed by atoms with Crippen molar-refractivity contribution in [1.29, 1.82) is 0 Å². The average Bonchev–Trinajstić information content (AvgIpc) is 3.16. The van der Waals surface area contributed by atoms with Crippen molar-refractivity contribution in [1.82, 2.24) is 4.90 Å². The Bertz CT molecular complexity index is 956. The molecule has 0 saturated carbocycles. The van der Waals surface area contributed by atoms with E-state index in [1.165, 1.54) is 27.5 Å². The summed E-state index contributed by atoms with van der Waals surface area (Å²) in [6.45, 7) is 1.15. The number of fused-ring (bicyclic) bond motifs is 1. The molecule has 0 fully saturated rings. The summed E-state index contributed by atoms with van der Waals surface area (Å²) in [5.74, 6) is 0. The van der Waals surface area contributed by atoms with E-state index in [0.717, 1.165) is 18.5 Å². The van der Waals surface area contributed by atoms with Gasteiger partial charge in [-0.15, -0.1) is 40.8 Å². The van der Waals surface area contributed by atoms with Gasteiger partial charge in [0.1, 0.15) is 0 Å². The topological polar surface area (TPSA) is 23.5 Å². The quantitative estimate of drug-likeness (QED) is 0.391. The zero-order chi connectivity index (χ0) is 19.1. The van der Waals surface area contributed by atoms with Gasteiger partial charge < -0.3 is 34.8 Å². The molecule has 1 aliphatic carbocycles. The molecule has 1 radical (unpaired) electrons. The fourth-order valence-corrected chi connectivity index (χ4v) is 3.13. The Labute approximate surface area is 207 Å². The number of rotatable bonds is 4. The fourth-order valence-electron chi connectivity index (χ4n) is 3.13. The number of halogens is 2. The summed E-state index contributed by atoms with van der Waals surface area (Å²) < 4.78 is 0. The molecule has 5 heteroatoms. The van der Waals surface area contributed by atoms with Crippen molar-refractivity contribution in [2.24, 2.45) is 0 Å². The first-order valence-electron chi connectivity index (χ1n) is 9.26. The molecule has 155 valence electrons. The van der Waals surface area contributed by atoms with Gasteiger partial charge in [-0.05, 0) is 31.7 Å². The molecule has 0 spiro atoms. The van der Waals surface area contributed by atoms with Gasteiger partial charge in [0.2, 0.25) is 0 Å². The maximum Gasteiger partial charge on any atom is 3.00 e. The van der Waals surface area contributed by atoms with Crippen molar-refractivity contribution in [3.8, 4) is 0 Å². The van der Waals surface area contributed by atoms with Crippen LogP contribution >= 0.6 is 0 Å². The van der Waals surface area contributed by atoms with Crippen LogP contribution in [0.3, 0.4) is 0 Å². The Morgan fingerprint density at radius 1 is 0.900 bits per heavy atom. The van der Waals surface area contributed by atoms with E-state index in [2.05, 4.69) is 73.6 Å². The van der Waals surface area contributed by atoms with Gasteiger partial charge >= 0.3 is 21.7 Å². The van der Waals surface area contributed by atoms with Crippen LogP contribution in [0.1, 0.15) is 17.5 Å². The van der Waals surface area contributed by atoms with Crippen LogP contribution in [0.25, 0.3) is 16.3 Å². The molecule has 2 nitrogen and oxygen atoms in total. The summed E-state index contributed by atoms with van der Waals surface area (Å²) in [6.07, 6.45) is 5.65. The third-order valence-corrected chi connectivity index (χ3v) is 4.47. The van der Waals surface area contributed by atoms with Crippen LogP contribution in [-0.2, 0) is 28.3 Å². The zero-order valence-electron chi connectivity index (χ0n) is 17.3. The monoisotopic (exact) mass is 474 g/mol. The standard InChI is InChI=1S/C18H18N.C7H8O.2ClH.Ti/c1-19(2)13-14-7-8-17(11-14)18-10-9-15-5-3-4-6-16(15)12-18;8-6-7-4-2-1-3-5-7;;;/h3-7,9-11H,8,13H2,1-2H3;1-5,8H,6H2;2*1H;/q-1;;;;+3/p-2. The molecule has 0 heterocycles. The van der Waals surface area contributed by atoms with Crippen molar-refractivity contribution >= 4 is 16.3 Å². The number of aliphatic hydroxyl groups is 1. The summed E-state index contributed by atoms with van der Waals surface area (Å²) in [5.41, 5.74) is 4.97. The molecule has 0 aliphatic heterocycles. The van der Waals surface area contributed by atoms with E-state index in [-0.39, 0.29) is 53.1 Å². The molecule has 1 aliphatic rings. The van der Waals surface area contributed by atoms with Gasteiger partial charge in [-0.1, -0.05) is 66.1 Å². The van der Waals surface area contributed by atoms with E-state index >= 15 is 0 Å². The van der Waals surface area contributed by atoms with Crippen LogP contribution < -0.4 is 24.8 Å². The van der Waals surface area contributed by atoms with Crippen LogP contribution in [0.15, 0.2) is 84.5 Å². The normalized spacial score (nSPS) is 11.9. The van der Waals surface area contributed by atoms with Gasteiger partial charge in [0.25, 0.3) is 0 Å². The van der Waals surface area contributed by atoms with E-state index in [9.17, 15) is 0 Å². The molecule has 4 rings (SSSR count). The summed E-state index contributed by atoms with van der Waals surface area (Å²) in [5, 5.41) is 11.0. The molecular weight excluding hydrogens is 449 g/mol. The smallest absolute Gasteiger partial charge is 1.00 e. The molecule has 0 bridgehead atoms. The molecule has 0 aromatic heterocycles. The van der Waals surface area contributed by atoms with E-state index in [0.29, 0.717) is 0 Å².